The second-order valence-corrected chi connectivity index (χ2v) is 5.49. The van der Waals surface area contributed by atoms with Crippen LogP contribution in [0.15, 0.2) is 30.3 Å². The standard InChI is InChI=1S/C17H12F2N2O7/c18-10-2-1-3-11(19)16(10)20-15(22)8-28-17(23)9-6-13-14(27-5-4-26-13)7-12(9)21(24)25/h1-3,6-7H,4-5,8H2,(H,20,22). The van der Waals surface area contributed by atoms with Crippen LogP contribution < -0.4 is 14.8 Å². The molecule has 1 amide bonds. The van der Waals surface area contributed by atoms with Gasteiger partial charge in [-0.05, 0) is 12.1 Å². The fraction of sp³-hybridized carbons (Fsp3) is 0.176. The van der Waals surface area contributed by atoms with E-state index >= 15 is 0 Å². The Kier molecular flexibility index (Phi) is 5.34. The quantitative estimate of drug-likeness (QED) is 0.470. The number of nitrogens with zero attached hydrogens (tertiary/aromatic N) is 1. The van der Waals surface area contributed by atoms with E-state index in [4.69, 9.17) is 14.2 Å². The number of halogens is 2. The topological polar surface area (TPSA) is 117 Å². The van der Waals surface area contributed by atoms with Crippen LogP contribution in [0.25, 0.3) is 0 Å². The van der Waals surface area contributed by atoms with Crippen LogP contribution in [0.1, 0.15) is 10.4 Å². The number of nitrogens with one attached hydrogen (secondary N) is 1. The molecule has 146 valence electrons. The van der Waals surface area contributed by atoms with Gasteiger partial charge in [0, 0.05) is 6.07 Å². The number of nitro groups is 1. The van der Waals surface area contributed by atoms with Crippen molar-refractivity contribution in [1.29, 1.82) is 0 Å². The minimum atomic E-state index is -1.19. The number of hydrogen-bond acceptors (Lipinski definition) is 7. The molecule has 1 aliphatic heterocycles. The first-order valence-corrected chi connectivity index (χ1v) is 7.86. The number of carbonyl (C=O) groups is 2. The van der Waals surface area contributed by atoms with Gasteiger partial charge >= 0.3 is 5.97 Å². The van der Waals surface area contributed by atoms with Crippen LogP contribution in [0.4, 0.5) is 20.2 Å². The molecule has 0 atom stereocenters. The first kappa shape index (κ1) is 19.0. The monoisotopic (exact) mass is 394 g/mol. The van der Waals surface area contributed by atoms with Crippen molar-refractivity contribution in [2.75, 3.05) is 25.1 Å². The summed E-state index contributed by atoms with van der Waals surface area (Å²) in [6.07, 6.45) is 0. The molecular weight excluding hydrogens is 382 g/mol. The molecule has 0 spiro atoms. The molecule has 0 aliphatic carbocycles. The van der Waals surface area contributed by atoms with Gasteiger partial charge < -0.3 is 19.5 Å². The highest BCUT2D eigenvalue weighted by molar-refractivity contribution is 5.98. The number of hydrogen-bond donors (Lipinski definition) is 1. The van der Waals surface area contributed by atoms with Crippen LogP contribution in [-0.4, -0.2) is 36.6 Å². The number of fused-ring (bicyclic) bond motifs is 1. The van der Waals surface area contributed by atoms with Crippen molar-refractivity contribution in [3.8, 4) is 11.5 Å². The number of anilines is 1. The lowest BCUT2D eigenvalue weighted by molar-refractivity contribution is -0.385. The van der Waals surface area contributed by atoms with Crippen LogP contribution in [0.2, 0.25) is 0 Å². The number of carbonyl (C=O) groups excluding carboxylic acids is 2. The largest absolute Gasteiger partial charge is 0.486 e. The normalized spacial score (nSPS) is 12.2. The molecule has 0 fully saturated rings. The summed E-state index contributed by atoms with van der Waals surface area (Å²) >= 11 is 0. The average Bonchev–Trinajstić information content (AvgIpc) is 2.68. The van der Waals surface area contributed by atoms with Crippen molar-refractivity contribution in [2.45, 2.75) is 0 Å². The molecule has 0 radical (unpaired) electrons. The Labute approximate surface area is 156 Å². The van der Waals surface area contributed by atoms with E-state index in [9.17, 15) is 28.5 Å². The van der Waals surface area contributed by atoms with Gasteiger partial charge in [-0.1, -0.05) is 6.07 Å². The minimum absolute atomic E-state index is 0.0993. The number of benzene rings is 2. The van der Waals surface area contributed by atoms with E-state index in [-0.39, 0.29) is 24.7 Å². The number of rotatable bonds is 5. The lowest BCUT2D eigenvalue weighted by Gasteiger charge is -2.18. The molecular formula is C17H12F2N2O7. The Hall–Kier alpha value is -3.76. The van der Waals surface area contributed by atoms with Crippen LogP contribution in [-0.2, 0) is 9.53 Å². The molecule has 0 saturated heterocycles. The number of amides is 1. The molecule has 28 heavy (non-hydrogen) atoms. The van der Waals surface area contributed by atoms with E-state index in [1.165, 1.54) is 0 Å². The zero-order valence-corrected chi connectivity index (χ0v) is 14.1. The van der Waals surface area contributed by atoms with E-state index in [2.05, 4.69) is 0 Å². The van der Waals surface area contributed by atoms with Crippen molar-refractivity contribution in [1.82, 2.24) is 0 Å². The molecule has 1 N–H and O–H groups in total. The molecule has 3 rings (SSSR count). The first-order valence-electron chi connectivity index (χ1n) is 7.86. The Morgan fingerprint density at radius 3 is 2.36 bits per heavy atom. The molecule has 0 bridgehead atoms. The highest BCUT2D eigenvalue weighted by atomic mass is 19.1. The SMILES string of the molecule is O=C(COC(=O)c1cc2c(cc1[N+](=O)[O-])OCCO2)Nc1c(F)cccc1F. The fourth-order valence-electron chi connectivity index (χ4n) is 2.39. The predicted molar refractivity (Wildman–Crippen MR) is 89.4 cm³/mol. The number of para-hydroxylation sites is 1. The van der Waals surface area contributed by atoms with Gasteiger partial charge in [-0.2, -0.15) is 0 Å². The Balaban J connectivity index is 1.72. The van der Waals surface area contributed by atoms with Crippen LogP contribution >= 0.6 is 0 Å². The maximum Gasteiger partial charge on any atom is 0.345 e. The summed E-state index contributed by atoms with van der Waals surface area (Å²) in [5.74, 6) is -4.03. The summed E-state index contributed by atoms with van der Waals surface area (Å²) in [5, 5.41) is 13.1. The minimum Gasteiger partial charge on any atom is -0.486 e. The van der Waals surface area contributed by atoms with Gasteiger partial charge in [0.2, 0.25) is 0 Å². The van der Waals surface area contributed by atoms with E-state index < -0.39 is 52.0 Å². The van der Waals surface area contributed by atoms with Crippen molar-refractivity contribution < 1.29 is 37.5 Å². The predicted octanol–water partition coefficient (Wildman–Crippen LogP) is 2.44. The third-order valence-corrected chi connectivity index (χ3v) is 3.64. The molecule has 0 aromatic heterocycles. The Bertz CT molecular complexity index is 945. The lowest BCUT2D eigenvalue weighted by Crippen LogP contribution is -2.23. The fourth-order valence-corrected chi connectivity index (χ4v) is 2.39. The maximum atomic E-state index is 13.5. The molecule has 11 heteroatoms. The molecule has 0 unspecified atom stereocenters. The van der Waals surface area contributed by atoms with Gasteiger partial charge in [0.15, 0.2) is 18.1 Å². The van der Waals surface area contributed by atoms with Crippen molar-refractivity contribution in [3.05, 3.63) is 57.6 Å². The van der Waals surface area contributed by atoms with Gasteiger partial charge in [0.05, 0.1) is 11.0 Å². The summed E-state index contributed by atoms with van der Waals surface area (Å²) in [7, 11) is 0. The molecule has 2 aromatic rings. The molecule has 1 aliphatic rings. The number of esters is 1. The summed E-state index contributed by atoms with van der Waals surface area (Å²) in [6.45, 7) is -0.533. The molecule has 1 heterocycles. The Morgan fingerprint density at radius 2 is 1.75 bits per heavy atom. The van der Waals surface area contributed by atoms with Crippen LogP contribution in [0.3, 0.4) is 0 Å². The van der Waals surface area contributed by atoms with Gasteiger partial charge in [-0.3, -0.25) is 14.9 Å². The van der Waals surface area contributed by atoms with Gasteiger partial charge in [0.1, 0.15) is 36.1 Å². The summed E-state index contributed by atoms with van der Waals surface area (Å²) in [5.41, 5.74) is -1.76. The highest BCUT2D eigenvalue weighted by Gasteiger charge is 2.28. The van der Waals surface area contributed by atoms with Gasteiger partial charge in [-0.15, -0.1) is 0 Å². The van der Waals surface area contributed by atoms with E-state index in [0.717, 1.165) is 30.3 Å². The smallest absolute Gasteiger partial charge is 0.345 e. The zero-order valence-electron chi connectivity index (χ0n) is 14.1. The van der Waals surface area contributed by atoms with Crippen LogP contribution in [0.5, 0.6) is 11.5 Å². The summed E-state index contributed by atoms with van der Waals surface area (Å²) < 4.78 is 42.2. The Morgan fingerprint density at radius 1 is 1.14 bits per heavy atom. The van der Waals surface area contributed by atoms with Gasteiger partial charge in [0.25, 0.3) is 11.6 Å². The maximum absolute atomic E-state index is 13.5. The number of nitro benzene ring substituents is 1. The van der Waals surface area contributed by atoms with Crippen molar-refractivity contribution >= 4 is 23.3 Å². The molecule has 0 saturated carbocycles. The van der Waals surface area contributed by atoms with E-state index in [1.54, 1.807) is 0 Å². The van der Waals surface area contributed by atoms with Crippen molar-refractivity contribution in [3.63, 3.8) is 0 Å². The first-order chi connectivity index (χ1) is 13.4. The molecule has 2 aromatic carbocycles. The molecule has 9 nitrogen and oxygen atoms in total. The van der Waals surface area contributed by atoms with Gasteiger partial charge in [-0.25, -0.2) is 13.6 Å². The van der Waals surface area contributed by atoms with E-state index in [0.29, 0.717) is 0 Å². The highest BCUT2D eigenvalue weighted by Crippen LogP contribution is 2.36. The second-order valence-electron chi connectivity index (χ2n) is 5.49. The third kappa shape index (κ3) is 3.98. The summed E-state index contributed by atoms with van der Waals surface area (Å²) in [4.78, 5) is 34.4. The third-order valence-electron chi connectivity index (χ3n) is 3.64. The lowest BCUT2D eigenvalue weighted by atomic mass is 10.1. The number of ether oxygens (including phenoxy) is 3. The van der Waals surface area contributed by atoms with Crippen molar-refractivity contribution in [2.24, 2.45) is 0 Å². The average molecular weight is 394 g/mol. The van der Waals surface area contributed by atoms with Crippen LogP contribution in [0, 0.1) is 21.7 Å². The van der Waals surface area contributed by atoms with E-state index in [1.807, 2.05) is 5.32 Å². The zero-order chi connectivity index (χ0) is 20.3. The summed E-state index contributed by atoms with van der Waals surface area (Å²) in [6, 6.07) is 5.07. The second kappa shape index (κ2) is 7.86.